The fourth-order valence-electron chi connectivity index (χ4n) is 2.42. The van der Waals surface area contributed by atoms with Gasteiger partial charge in [-0.15, -0.1) is 0 Å². The molecule has 0 spiro atoms. The Morgan fingerprint density at radius 1 is 1.35 bits per heavy atom. The summed E-state index contributed by atoms with van der Waals surface area (Å²) in [4.78, 5) is 0. The third kappa shape index (κ3) is 3.45. The van der Waals surface area contributed by atoms with Crippen molar-refractivity contribution >= 4 is 0 Å². The lowest BCUT2D eigenvalue weighted by Crippen LogP contribution is -2.36. The van der Waals surface area contributed by atoms with E-state index in [4.69, 9.17) is 10.5 Å². The van der Waals surface area contributed by atoms with Gasteiger partial charge in [0.2, 0.25) is 0 Å². The molecule has 0 aromatic heterocycles. The molecule has 94 valence electrons. The van der Waals surface area contributed by atoms with E-state index in [1.54, 1.807) is 7.11 Å². The number of hydrogen-bond acceptors (Lipinski definition) is 3. The predicted molar refractivity (Wildman–Crippen MR) is 70.2 cm³/mol. The zero-order valence-corrected chi connectivity index (χ0v) is 10.5. The monoisotopic (exact) mass is 234 g/mol. The fourth-order valence-corrected chi connectivity index (χ4v) is 2.42. The molecular formula is C14H22N2O. The number of piperidine rings is 1. The molecule has 0 saturated carbocycles. The maximum atomic E-state index is 6.24. The number of nitrogens with one attached hydrogen (secondary N) is 1. The van der Waals surface area contributed by atoms with E-state index in [0.717, 1.165) is 18.7 Å². The van der Waals surface area contributed by atoms with Crippen LogP contribution in [0, 0.1) is 0 Å². The summed E-state index contributed by atoms with van der Waals surface area (Å²) in [6, 6.07) is 8.78. The standard InChI is InChI=1S/C14H22N2O/c1-17-13-7-5-11(6-8-13)14(15)10-12-4-2-3-9-16-12/h5-8,12,14,16H,2-4,9-10,15H2,1H3. The van der Waals surface area contributed by atoms with E-state index in [1.807, 2.05) is 12.1 Å². The maximum absolute atomic E-state index is 6.24. The molecule has 3 N–H and O–H groups in total. The van der Waals surface area contributed by atoms with Crippen molar-refractivity contribution in [3.63, 3.8) is 0 Å². The van der Waals surface area contributed by atoms with Crippen molar-refractivity contribution in [2.24, 2.45) is 5.73 Å². The van der Waals surface area contributed by atoms with Crippen molar-refractivity contribution in [1.82, 2.24) is 5.32 Å². The first kappa shape index (κ1) is 12.4. The molecule has 2 unspecified atom stereocenters. The number of nitrogens with two attached hydrogens (primary N) is 1. The Hall–Kier alpha value is -1.06. The lowest BCUT2D eigenvalue weighted by atomic mass is 9.95. The van der Waals surface area contributed by atoms with Gasteiger partial charge in [0.05, 0.1) is 7.11 Å². The summed E-state index contributed by atoms with van der Waals surface area (Å²) < 4.78 is 5.15. The number of rotatable bonds is 4. The highest BCUT2D eigenvalue weighted by Crippen LogP contribution is 2.22. The topological polar surface area (TPSA) is 47.3 Å². The molecule has 1 aromatic rings. The second-order valence-corrected chi connectivity index (χ2v) is 4.76. The zero-order chi connectivity index (χ0) is 12.1. The average molecular weight is 234 g/mol. The molecule has 1 aromatic carbocycles. The van der Waals surface area contributed by atoms with Crippen LogP contribution in [-0.4, -0.2) is 19.7 Å². The Labute approximate surface area is 103 Å². The maximum Gasteiger partial charge on any atom is 0.118 e. The molecule has 1 heterocycles. The van der Waals surface area contributed by atoms with Crippen LogP contribution in [0.5, 0.6) is 5.75 Å². The molecule has 3 nitrogen and oxygen atoms in total. The quantitative estimate of drug-likeness (QED) is 0.840. The number of ether oxygens (including phenoxy) is 1. The molecule has 0 radical (unpaired) electrons. The van der Waals surface area contributed by atoms with Crippen molar-refractivity contribution < 1.29 is 4.74 Å². The number of methoxy groups -OCH3 is 1. The van der Waals surface area contributed by atoms with Gasteiger partial charge in [-0.1, -0.05) is 18.6 Å². The third-order valence-corrected chi connectivity index (χ3v) is 3.49. The van der Waals surface area contributed by atoms with Gasteiger partial charge in [-0.25, -0.2) is 0 Å². The molecule has 2 atom stereocenters. The first-order valence-electron chi connectivity index (χ1n) is 6.42. The van der Waals surface area contributed by atoms with Gasteiger partial charge in [0.15, 0.2) is 0 Å². The average Bonchev–Trinajstić information content (AvgIpc) is 2.40. The molecule has 2 rings (SSSR count). The molecule has 0 amide bonds. The van der Waals surface area contributed by atoms with Crippen LogP contribution in [0.4, 0.5) is 0 Å². The van der Waals surface area contributed by atoms with E-state index in [1.165, 1.54) is 24.8 Å². The fraction of sp³-hybridized carbons (Fsp3) is 0.571. The molecule has 1 aliphatic heterocycles. The van der Waals surface area contributed by atoms with Gasteiger partial charge in [0, 0.05) is 12.1 Å². The SMILES string of the molecule is COc1ccc(C(N)CC2CCCCN2)cc1. The zero-order valence-electron chi connectivity index (χ0n) is 10.5. The molecule has 1 fully saturated rings. The molecule has 3 heteroatoms. The molecule has 0 bridgehead atoms. The highest BCUT2D eigenvalue weighted by molar-refractivity contribution is 5.29. The van der Waals surface area contributed by atoms with Crippen molar-refractivity contribution in [2.45, 2.75) is 37.8 Å². The van der Waals surface area contributed by atoms with Crippen LogP contribution in [0.15, 0.2) is 24.3 Å². The van der Waals surface area contributed by atoms with E-state index < -0.39 is 0 Å². The van der Waals surface area contributed by atoms with E-state index >= 15 is 0 Å². The highest BCUT2D eigenvalue weighted by Gasteiger charge is 2.16. The van der Waals surface area contributed by atoms with Crippen LogP contribution in [0.2, 0.25) is 0 Å². The summed E-state index contributed by atoms with van der Waals surface area (Å²) in [6.07, 6.45) is 4.90. The predicted octanol–water partition coefficient (Wildman–Crippen LogP) is 2.23. The van der Waals surface area contributed by atoms with E-state index in [0.29, 0.717) is 6.04 Å². The van der Waals surface area contributed by atoms with Gasteiger partial charge < -0.3 is 15.8 Å². The van der Waals surface area contributed by atoms with Gasteiger partial charge in [-0.3, -0.25) is 0 Å². The van der Waals surface area contributed by atoms with Gasteiger partial charge in [-0.05, 0) is 43.5 Å². The molecule has 1 saturated heterocycles. The van der Waals surface area contributed by atoms with Crippen LogP contribution in [0.25, 0.3) is 0 Å². The number of hydrogen-bond donors (Lipinski definition) is 2. The lowest BCUT2D eigenvalue weighted by Gasteiger charge is -2.26. The van der Waals surface area contributed by atoms with Crippen LogP contribution < -0.4 is 15.8 Å². The molecule has 1 aliphatic rings. The summed E-state index contributed by atoms with van der Waals surface area (Å²) in [5, 5.41) is 3.54. The van der Waals surface area contributed by atoms with E-state index in [2.05, 4.69) is 17.4 Å². The summed E-state index contributed by atoms with van der Waals surface area (Å²) in [5.74, 6) is 0.886. The highest BCUT2D eigenvalue weighted by atomic mass is 16.5. The van der Waals surface area contributed by atoms with Crippen molar-refractivity contribution in [2.75, 3.05) is 13.7 Å². The van der Waals surface area contributed by atoms with Gasteiger partial charge in [-0.2, -0.15) is 0 Å². The van der Waals surface area contributed by atoms with Crippen LogP contribution in [0.3, 0.4) is 0 Å². The third-order valence-electron chi connectivity index (χ3n) is 3.49. The van der Waals surface area contributed by atoms with Crippen molar-refractivity contribution in [1.29, 1.82) is 0 Å². The van der Waals surface area contributed by atoms with Crippen LogP contribution in [-0.2, 0) is 0 Å². The van der Waals surface area contributed by atoms with Crippen molar-refractivity contribution in [3.05, 3.63) is 29.8 Å². The van der Waals surface area contributed by atoms with E-state index in [-0.39, 0.29) is 6.04 Å². The van der Waals surface area contributed by atoms with Gasteiger partial charge in [0.1, 0.15) is 5.75 Å². The van der Waals surface area contributed by atoms with Gasteiger partial charge >= 0.3 is 0 Å². The second-order valence-electron chi connectivity index (χ2n) is 4.76. The molecule has 0 aliphatic carbocycles. The smallest absolute Gasteiger partial charge is 0.118 e. The first-order valence-corrected chi connectivity index (χ1v) is 6.42. The Morgan fingerprint density at radius 3 is 2.71 bits per heavy atom. The van der Waals surface area contributed by atoms with Crippen LogP contribution in [0.1, 0.15) is 37.3 Å². The Morgan fingerprint density at radius 2 is 2.12 bits per heavy atom. The minimum absolute atomic E-state index is 0.122. The van der Waals surface area contributed by atoms with Crippen LogP contribution >= 0.6 is 0 Å². The summed E-state index contributed by atoms with van der Waals surface area (Å²) in [7, 11) is 1.68. The number of benzene rings is 1. The minimum atomic E-state index is 0.122. The Balaban J connectivity index is 1.91. The lowest BCUT2D eigenvalue weighted by molar-refractivity contribution is 0.362. The first-order chi connectivity index (χ1) is 8.29. The Kier molecular flexibility index (Phi) is 4.40. The minimum Gasteiger partial charge on any atom is -0.497 e. The Bertz CT molecular complexity index is 331. The second kappa shape index (κ2) is 6.03. The summed E-state index contributed by atoms with van der Waals surface area (Å²) >= 11 is 0. The summed E-state index contributed by atoms with van der Waals surface area (Å²) in [6.45, 7) is 1.14. The van der Waals surface area contributed by atoms with Gasteiger partial charge in [0.25, 0.3) is 0 Å². The molecule has 17 heavy (non-hydrogen) atoms. The van der Waals surface area contributed by atoms with E-state index in [9.17, 15) is 0 Å². The normalized spacial score (nSPS) is 22.1. The molecular weight excluding hydrogens is 212 g/mol. The van der Waals surface area contributed by atoms with Crippen molar-refractivity contribution in [3.8, 4) is 5.75 Å². The largest absolute Gasteiger partial charge is 0.497 e. The summed E-state index contributed by atoms with van der Waals surface area (Å²) in [5.41, 5.74) is 7.43.